The minimum absolute atomic E-state index is 0.0503. The van der Waals surface area contributed by atoms with Gasteiger partial charge in [0.2, 0.25) is 5.88 Å². The second-order valence-corrected chi connectivity index (χ2v) is 6.83. The fourth-order valence-electron chi connectivity index (χ4n) is 2.47. The number of hydrogen-bond acceptors (Lipinski definition) is 6. The van der Waals surface area contributed by atoms with Crippen molar-refractivity contribution in [2.45, 2.75) is 13.5 Å². The predicted octanol–water partition coefficient (Wildman–Crippen LogP) is 4.20. The molecular weight excluding hydrogens is 381 g/mol. The second-order valence-electron chi connectivity index (χ2n) is 5.40. The number of ether oxygens (including phenoxy) is 2. The van der Waals surface area contributed by atoms with Crippen molar-refractivity contribution in [1.82, 2.24) is 9.97 Å². The summed E-state index contributed by atoms with van der Waals surface area (Å²) in [7, 11) is 3.04. The molecule has 0 bridgehead atoms. The van der Waals surface area contributed by atoms with Gasteiger partial charge in [-0.2, -0.15) is 4.98 Å². The second kappa shape index (κ2) is 7.53. The molecule has 0 saturated carbocycles. The van der Waals surface area contributed by atoms with Gasteiger partial charge in [0, 0.05) is 12.1 Å². The quantitative estimate of drug-likeness (QED) is 0.700. The van der Waals surface area contributed by atoms with Gasteiger partial charge in [-0.25, -0.2) is 9.37 Å². The summed E-state index contributed by atoms with van der Waals surface area (Å²) in [5.41, 5.74) is 0.715. The fraction of sp³-hybridized carbons (Fsp3) is 0.235. The molecule has 0 atom stereocenters. The highest BCUT2D eigenvalue weighted by Crippen LogP contribution is 2.35. The lowest BCUT2D eigenvalue weighted by Gasteiger charge is -2.06. The van der Waals surface area contributed by atoms with Gasteiger partial charge >= 0.3 is 0 Å². The average molecular weight is 396 g/mol. The SMILES string of the molecule is COCc1nc(OC)c2c(C)c(C(=O)Nc3ccc(Cl)cc3F)sc2n1. The number of rotatable bonds is 5. The average Bonchev–Trinajstić information content (AvgIpc) is 2.94. The number of fused-ring (bicyclic) bond motifs is 1. The lowest BCUT2D eigenvalue weighted by Crippen LogP contribution is -2.12. The molecule has 1 amide bonds. The number of halogens is 2. The van der Waals surface area contributed by atoms with Gasteiger partial charge in [0.25, 0.3) is 5.91 Å². The summed E-state index contributed by atoms with van der Waals surface area (Å²) in [6.45, 7) is 1.99. The van der Waals surface area contributed by atoms with Gasteiger partial charge in [0.15, 0.2) is 5.82 Å². The molecule has 0 aliphatic rings. The highest BCUT2D eigenvalue weighted by molar-refractivity contribution is 7.20. The molecule has 2 heterocycles. The zero-order chi connectivity index (χ0) is 18.8. The van der Waals surface area contributed by atoms with Gasteiger partial charge in [-0.1, -0.05) is 11.6 Å². The van der Waals surface area contributed by atoms with Crippen molar-refractivity contribution < 1.29 is 18.7 Å². The number of carbonyl (C=O) groups excluding carboxylic acids is 1. The molecule has 1 N–H and O–H groups in total. The highest BCUT2D eigenvalue weighted by atomic mass is 35.5. The van der Waals surface area contributed by atoms with Crippen LogP contribution in [0.25, 0.3) is 10.2 Å². The predicted molar refractivity (Wildman–Crippen MR) is 98.8 cm³/mol. The Hall–Kier alpha value is -2.29. The topological polar surface area (TPSA) is 73.3 Å². The number of nitrogens with one attached hydrogen (secondary N) is 1. The molecule has 6 nitrogen and oxygen atoms in total. The van der Waals surface area contributed by atoms with Gasteiger partial charge in [-0.05, 0) is 30.7 Å². The van der Waals surface area contributed by atoms with Crippen LogP contribution >= 0.6 is 22.9 Å². The summed E-state index contributed by atoms with van der Waals surface area (Å²) in [6, 6.07) is 4.05. The van der Waals surface area contributed by atoms with E-state index in [9.17, 15) is 9.18 Å². The maximum Gasteiger partial charge on any atom is 0.266 e. The van der Waals surface area contributed by atoms with Crippen LogP contribution in [-0.4, -0.2) is 30.1 Å². The molecule has 3 aromatic rings. The number of aromatic nitrogens is 2. The summed E-state index contributed by atoms with van der Waals surface area (Å²) < 4.78 is 24.3. The van der Waals surface area contributed by atoms with Crippen LogP contribution in [0.5, 0.6) is 5.88 Å². The van der Waals surface area contributed by atoms with Crippen molar-refractivity contribution in [3.05, 3.63) is 45.3 Å². The van der Waals surface area contributed by atoms with Crippen molar-refractivity contribution in [2.75, 3.05) is 19.5 Å². The number of thiophene rings is 1. The summed E-state index contributed by atoms with van der Waals surface area (Å²) in [5, 5.41) is 3.46. The first kappa shape index (κ1) is 18.5. The van der Waals surface area contributed by atoms with Crippen LogP contribution < -0.4 is 10.1 Å². The Kier molecular flexibility index (Phi) is 5.36. The van der Waals surface area contributed by atoms with Crippen LogP contribution in [0.15, 0.2) is 18.2 Å². The first-order valence-electron chi connectivity index (χ1n) is 7.54. The number of benzene rings is 1. The van der Waals surface area contributed by atoms with E-state index in [0.717, 1.165) is 6.07 Å². The zero-order valence-electron chi connectivity index (χ0n) is 14.2. The van der Waals surface area contributed by atoms with Crippen molar-refractivity contribution in [3.8, 4) is 5.88 Å². The molecule has 1 aromatic carbocycles. The Morgan fingerprint density at radius 2 is 2.12 bits per heavy atom. The van der Waals surface area contributed by atoms with E-state index in [-0.39, 0.29) is 17.3 Å². The smallest absolute Gasteiger partial charge is 0.266 e. The summed E-state index contributed by atoms with van der Waals surface area (Å²) in [5.74, 6) is -0.229. The van der Waals surface area contributed by atoms with Crippen LogP contribution in [0.4, 0.5) is 10.1 Å². The van der Waals surface area contributed by atoms with Crippen molar-refractivity contribution in [1.29, 1.82) is 0 Å². The summed E-state index contributed by atoms with van der Waals surface area (Å²) in [4.78, 5) is 22.3. The molecule has 9 heteroatoms. The Balaban J connectivity index is 2.01. The molecule has 0 unspecified atom stereocenters. The van der Waals surface area contributed by atoms with Crippen LogP contribution in [0, 0.1) is 12.7 Å². The molecule has 0 spiro atoms. The number of nitrogens with zero attached hydrogens (tertiary/aromatic N) is 2. The molecule has 0 saturated heterocycles. The van der Waals surface area contributed by atoms with Crippen LogP contribution in [0.2, 0.25) is 5.02 Å². The Bertz CT molecular complexity index is 993. The maximum atomic E-state index is 13.9. The molecule has 0 radical (unpaired) electrons. The lowest BCUT2D eigenvalue weighted by molar-refractivity contribution is 0.102. The lowest BCUT2D eigenvalue weighted by atomic mass is 10.2. The van der Waals surface area contributed by atoms with Crippen LogP contribution in [0.3, 0.4) is 0 Å². The Morgan fingerprint density at radius 3 is 2.77 bits per heavy atom. The van der Waals surface area contributed by atoms with E-state index in [1.807, 2.05) is 0 Å². The Morgan fingerprint density at radius 1 is 1.35 bits per heavy atom. The van der Waals surface area contributed by atoms with E-state index in [0.29, 0.717) is 32.4 Å². The third-order valence-electron chi connectivity index (χ3n) is 3.66. The zero-order valence-corrected chi connectivity index (χ0v) is 15.8. The monoisotopic (exact) mass is 395 g/mol. The third kappa shape index (κ3) is 3.48. The van der Waals surface area contributed by atoms with Crippen molar-refractivity contribution in [3.63, 3.8) is 0 Å². The van der Waals surface area contributed by atoms with Gasteiger partial charge < -0.3 is 14.8 Å². The number of hydrogen-bond donors (Lipinski definition) is 1. The molecule has 2 aromatic heterocycles. The third-order valence-corrected chi connectivity index (χ3v) is 5.08. The highest BCUT2D eigenvalue weighted by Gasteiger charge is 2.22. The molecule has 0 aliphatic carbocycles. The van der Waals surface area contributed by atoms with Gasteiger partial charge in [-0.15, -0.1) is 11.3 Å². The number of amides is 1. The van der Waals surface area contributed by atoms with E-state index >= 15 is 0 Å². The maximum absolute atomic E-state index is 13.9. The minimum atomic E-state index is -0.607. The van der Waals surface area contributed by atoms with Crippen LogP contribution in [0.1, 0.15) is 21.1 Å². The molecular formula is C17H15ClFN3O3S. The van der Waals surface area contributed by atoms with Crippen molar-refractivity contribution in [2.24, 2.45) is 0 Å². The van der Waals surface area contributed by atoms with E-state index < -0.39 is 11.7 Å². The first-order valence-corrected chi connectivity index (χ1v) is 8.73. The van der Waals surface area contributed by atoms with E-state index in [1.165, 1.54) is 30.6 Å². The number of anilines is 1. The van der Waals surface area contributed by atoms with Gasteiger partial charge in [0.1, 0.15) is 17.3 Å². The van der Waals surface area contributed by atoms with Gasteiger partial charge in [-0.3, -0.25) is 4.79 Å². The Labute approximate surface area is 157 Å². The first-order chi connectivity index (χ1) is 12.4. The fourth-order valence-corrected chi connectivity index (χ4v) is 3.72. The van der Waals surface area contributed by atoms with Gasteiger partial charge in [0.05, 0.1) is 23.1 Å². The largest absolute Gasteiger partial charge is 0.480 e. The molecule has 3 rings (SSSR count). The van der Waals surface area contributed by atoms with Crippen molar-refractivity contribution >= 4 is 44.7 Å². The van der Waals surface area contributed by atoms with E-state index in [4.69, 9.17) is 21.1 Å². The van der Waals surface area contributed by atoms with E-state index in [2.05, 4.69) is 15.3 Å². The normalized spacial score (nSPS) is 11.0. The van der Waals surface area contributed by atoms with E-state index in [1.54, 1.807) is 14.0 Å². The molecule has 136 valence electrons. The minimum Gasteiger partial charge on any atom is -0.480 e. The number of aryl methyl sites for hydroxylation is 1. The summed E-state index contributed by atoms with van der Waals surface area (Å²) >= 11 is 6.92. The molecule has 0 aliphatic heterocycles. The van der Waals surface area contributed by atoms with Crippen LogP contribution in [-0.2, 0) is 11.3 Å². The number of methoxy groups -OCH3 is 2. The standard InChI is InChI=1S/C17H15ClFN3O3S/c1-8-13-16(25-3)21-12(7-24-2)22-17(13)26-14(8)15(23)20-11-5-4-9(18)6-10(11)19/h4-6H,7H2,1-3H3,(H,20,23). The molecule has 26 heavy (non-hydrogen) atoms. The summed E-state index contributed by atoms with van der Waals surface area (Å²) in [6.07, 6.45) is 0. The number of carbonyl (C=O) groups is 1. The molecule has 0 fully saturated rings.